The first-order chi connectivity index (χ1) is 6.82. The van der Waals surface area contributed by atoms with Crippen LogP contribution in [-0.4, -0.2) is 17.4 Å². The van der Waals surface area contributed by atoms with Gasteiger partial charge in [-0.1, -0.05) is 12.1 Å². The minimum absolute atomic E-state index is 0.0951. The minimum atomic E-state index is -4.71. The van der Waals surface area contributed by atoms with Crippen LogP contribution in [0, 0.1) is 12.7 Å². The van der Waals surface area contributed by atoms with Gasteiger partial charge in [0, 0.05) is 6.42 Å². The fourth-order valence-electron chi connectivity index (χ4n) is 1.23. The molecule has 0 bridgehead atoms. The summed E-state index contributed by atoms with van der Waals surface area (Å²) < 4.78 is 49.2. The number of benzene rings is 1. The van der Waals surface area contributed by atoms with Gasteiger partial charge in [-0.05, 0) is 24.1 Å². The Balaban J connectivity index is 2.90. The molecule has 1 atom stereocenters. The van der Waals surface area contributed by atoms with Crippen LogP contribution in [0.15, 0.2) is 18.2 Å². The molecule has 0 aliphatic carbocycles. The molecule has 1 N–H and O–H groups in total. The summed E-state index contributed by atoms with van der Waals surface area (Å²) in [5.74, 6) is -0.724. The maximum atomic E-state index is 13.1. The third-order valence-corrected chi connectivity index (χ3v) is 2.13. The summed E-state index contributed by atoms with van der Waals surface area (Å²) in [7, 11) is 0. The van der Waals surface area contributed by atoms with Gasteiger partial charge in [-0.3, -0.25) is 0 Å². The standard InChI is InChI=1S/C10H10F4O/c1-6-3-2-4-8(11)7(6)5-9(15)10(12,13)14/h2-4,9,15H,5H2,1H3. The summed E-state index contributed by atoms with van der Waals surface area (Å²) in [6, 6.07) is 3.99. The van der Waals surface area contributed by atoms with E-state index in [9.17, 15) is 17.6 Å². The maximum absolute atomic E-state index is 13.1. The number of hydrogen-bond donors (Lipinski definition) is 1. The van der Waals surface area contributed by atoms with Crippen LogP contribution in [-0.2, 0) is 6.42 Å². The monoisotopic (exact) mass is 222 g/mol. The van der Waals surface area contributed by atoms with Crippen molar-refractivity contribution in [3.8, 4) is 0 Å². The summed E-state index contributed by atoms with van der Waals surface area (Å²) in [5.41, 5.74) is 0.306. The highest BCUT2D eigenvalue weighted by atomic mass is 19.4. The lowest BCUT2D eigenvalue weighted by molar-refractivity contribution is -0.203. The van der Waals surface area contributed by atoms with E-state index in [0.717, 1.165) is 6.07 Å². The van der Waals surface area contributed by atoms with Gasteiger partial charge in [-0.2, -0.15) is 13.2 Å². The molecule has 84 valence electrons. The smallest absolute Gasteiger partial charge is 0.383 e. The molecule has 1 aromatic carbocycles. The fraction of sp³-hybridized carbons (Fsp3) is 0.400. The molecule has 5 heteroatoms. The van der Waals surface area contributed by atoms with E-state index < -0.39 is 24.5 Å². The predicted octanol–water partition coefficient (Wildman–Crippen LogP) is 2.60. The minimum Gasteiger partial charge on any atom is -0.383 e. The van der Waals surface area contributed by atoms with Crippen LogP contribution in [0.3, 0.4) is 0 Å². The van der Waals surface area contributed by atoms with Gasteiger partial charge in [0.05, 0.1) is 0 Å². The highest BCUT2D eigenvalue weighted by Crippen LogP contribution is 2.25. The number of aliphatic hydroxyl groups is 1. The molecular formula is C10H10F4O. The first kappa shape index (κ1) is 12.0. The summed E-state index contributed by atoms with van der Waals surface area (Å²) >= 11 is 0. The van der Waals surface area contributed by atoms with Gasteiger partial charge >= 0.3 is 6.18 Å². The van der Waals surface area contributed by atoms with Crippen LogP contribution in [0.1, 0.15) is 11.1 Å². The van der Waals surface area contributed by atoms with Gasteiger partial charge in [0.15, 0.2) is 6.10 Å². The lowest BCUT2D eigenvalue weighted by Crippen LogP contribution is -2.31. The van der Waals surface area contributed by atoms with Crippen LogP contribution in [0.25, 0.3) is 0 Å². The zero-order chi connectivity index (χ0) is 11.6. The average molecular weight is 222 g/mol. The van der Waals surface area contributed by atoms with Crippen molar-refractivity contribution in [2.24, 2.45) is 0 Å². The topological polar surface area (TPSA) is 20.2 Å². The van der Waals surface area contributed by atoms with E-state index in [-0.39, 0.29) is 5.56 Å². The van der Waals surface area contributed by atoms with Gasteiger partial charge in [0.25, 0.3) is 0 Å². The number of aliphatic hydroxyl groups excluding tert-OH is 1. The fourth-order valence-corrected chi connectivity index (χ4v) is 1.23. The largest absolute Gasteiger partial charge is 0.414 e. The van der Waals surface area contributed by atoms with Crippen LogP contribution >= 0.6 is 0 Å². The summed E-state index contributed by atoms with van der Waals surface area (Å²) in [6.45, 7) is 1.50. The van der Waals surface area contributed by atoms with Gasteiger partial charge in [-0.25, -0.2) is 4.39 Å². The molecule has 0 heterocycles. The lowest BCUT2D eigenvalue weighted by Gasteiger charge is -2.16. The number of aryl methyl sites for hydroxylation is 1. The highest BCUT2D eigenvalue weighted by molar-refractivity contribution is 5.28. The Morgan fingerprint density at radius 3 is 2.40 bits per heavy atom. The third kappa shape index (κ3) is 2.92. The van der Waals surface area contributed by atoms with Crippen molar-refractivity contribution in [3.63, 3.8) is 0 Å². The number of alkyl halides is 3. The molecular weight excluding hydrogens is 212 g/mol. The zero-order valence-electron chi connectivity index (χ0n) is 7.98. The van der Waals surface area contributed by atoms with Crippen molar-refractivity contribution >= 4 is 0 Å². The number of rotatable bonds is 2. The Morgan fingerprint density at radius 1 is 1.33 bits per heavy atom. The van der Waals surface area contributed by atoms with Crippen molar-refractivity contribution in [2.75, 3.05) is 0 Å². The summed E-state index contributed by atoms with van der Waals surface area (Å²) in [4.78, 5) is 0. The van der Waals surface area contributed by atoms with Crippen molar-refractivity contribution in [1.82, 2.24) is 0 Å². The SMILES string of the molecule is Cc1cccc(F)c1CC(O)C(F)(F)F. The molecule has 1 unspecified atom stereocenters. The number of hydrogen-bond acceptors (Lipinski definition) is 1. The molecule has 0 amide bonds. The van der Waals surface area contributed by atoms with E-state index in [0.29, 0.717) is 5.56 Å². The Kier molecular flexibility index (Phi) is 3.34. The number of halogens is 4. The molecule has 0 radical (unpaired) electrons. The van der Waals surface area contributed by atoms with Crippen molar-refractivity contribution in [2.45, 2.75) is 25.6 Å². The first-order valence-corrected chi connectivity index (χ1v) is 4.31. The van der Waals surface area contributed by atoms with Crippen molar-refractivity contribution < 1.29 is 22.7 Å². The maximum Gasteiger partial charge on any atom is 0.414 e. The van der Waals surface area contributed by atoms with Crippen LogP contribution in [0.2, 0.25) is 0 Å². The molecule has 1 rings (SSSR count). The molecule has 0 saturated carbocycles. The third-order valence-electron chi connectivity index (χ3n) is 2.13. The average Bonchev–Trinajstić information content (AvgIpc) is 2.09. The molecule has 0 saturated heterocycles. The van der Waals surface area contributed by atoms with E-state index in [1.54, 1.807) is 0 Å². The molecule has 0 fully saturated rings. The van der Waals surface area contributed by atoms with Crippen LogP contribution < -0.4 is 0 Å². The van der Waals surface area contributed by atoms with E-state index in [4.69, 9.17) is 5.11 Å². The van der Waals surface area contributed by atoms with Gasteiger partial charge < -0.3 is 5.11 Å². The quantitative estimate of drug-likeness (QED) is 0.762. The van der Waals surface area contributed by atoms with Gasteiger partial charge in [0.2, 0.25) is 0 Å². The Bertz CT molecular complexity index is 326. The molecule has 1 nitrogen and oxygen atoms in total. The van der Waals surface area contributed by atoms with Crippen LogP contribution in [0.4, 0.5) is 17.6 Å². The Morgan fingerprint density at radius 2 is 1.93 bits per heavy atom. The molecule has 0 aliphatic heterocycles. The second kappa shape index (κ2) is 4.18. The van der Waals surface area contributed by atoms with E-state index in [1.807, 2.05) is 0 Å². The van der Waals surface area contributed by atoms with Crippen molar-refractivity contribution in [3.05, 3.63) is 35.1 Å². The highest BCUT2D eigenvalue weighted by Gasteiger charge is 2.38. The van der Waals surface area contributed by atoms with E-state index >= 15 is 0 Å². The summed E-state index contributed by atoms with van der Waals surface area (Å²) in [5, 5.41) is 8.80. The summed E-state index contributed by atoms with van der Waals surface area (Å²) in [6.07, 6.45) is -7.98. The Labute approximate surface area is 84.3 Å². The zero-order valence-corrected chi connectivity index (χ0v) is 7.98. The second-order valence-electron chi connectivity index (χ2n) is 3.30. The lowest BCUT2D eigenvalue weighted by atomic mass is 10.0. The second-order valence-corrected chi connectivity index (χ2v) is 3.30. The molecule has 0 aromatic heterocycles. The normalized spacial score (nSPS) is 14.0. The predicted molar refractivity (Wildman–Crippen MR) is 46.9 cm³/mol. The molecule has 15 heavy (non-hydrogen) atoms. The molecule has 0 aliphatic rings. The van der Waals surface area contributed by atoms with Gasteiger partial charge in [0.1, 0.15) is 5.82 Å². The van der Waals surface area contributed by atoms with Crippen molar-refractivity contribution in [1.29, 1.82) is 0 Å². The Hall–Kier alpha value is -1.10. The van der Waals surface area contributed by atoms with Crippen LogP contribution in [0.5, 0.6) is 0 Å². The molecule has 0 spiro atoms. The molecule has 1 aromatic rings. The van der Waals surface area contributed by atoms with E-state index in [2.05, 4.69) is 0 Å². The van der Waals surface area contributed by atoms with E-state index in [1.165, 1.54) is 19.1 Å². The first-order valence-electron chi connectivity index (χ1n) is 4.31. The van der Waals surface area contributed by atoms with Gasteiger partial charge in [-0.15, -0.1) is 0 Å².